The molecule has 1 unspecified atom stereocenters. The molecule has 0 spiro atoms. The Balaban J connectivity index is 2.22. The number of carbonyl (C=O) groups is 1. The van der Waals surface area contributed by atoms with Crippen molar-refractivity contribution in [1.29, 1.82) is 0 Å². The number of hydrogen-bond donors (Lipinski definition) is 0. The van der Waals surface area contributed by atoms with Gasteiger partial charge in [0.15, 0.2) is 0 Å². The minimum atomic E-state index is 0.0162. The van der Waals surface area contributed by atoms with Gasteiger partial charge < -0.3 is 4.90 Å². The van der Waals surface area contributed by atoms with Crippen LogP contribution in [0.4, 0.5) is 0 Å². The maximum atomic E-state index is 12.2. The van der Waals surface area contributed by atoms with Gasteiger partial charge in [-0.3, -0.25) is 9.78 Å². The Bertz CT molecular complexity index is 394. The lowest BCUT2D eigenvalue weighted by Crippen LogP contribution is -2.35. The molecular weight excluding hydrogens is 224 g/mol. The van der Waals surface area contributed by atoms with E-state index in [9.17, 15) is 4.79 Å². The van der Waals surface area contributed by atoms with Crippen molar-refractivity contribution in [2.24, 2.45) is 0 Å². The Morgan fingerprint density at radius 1 is 1.69 bits per heavy atom. The first kappa shape index (κ1) is 11.4. The maximum Gasteiger partial charge on any atom is 0.257 e. The van der Waals surface area contributed by atoms with Crippen LogP contribution in [-0.2, 0) is 0 Å². The molecule has 1 amide bonds. The molecule has 1 aromatic heterocycles. The van der Waals surface area contributed by atoms with Crippen molar-refractivity contribution in [3.8, 4) is 0 Å². The molecule has 3 nitrogen and oxygen atoms in total. The molecule has 1 atom stereocenters. The average molecular weight is 239 g/mol. The van der Waals surface area contributed by atoms with Gasteiger partial charge >= 0.3 is 0 Å². The number of pyridine rings is 1. The van der Waals surface area contributed by atoms with E-state index in [1.165, 1.54) is 0 Å². The Morgan fingerprint density at radius 3 is 3.19 bits per heavy atom. The molecule has 1 aliphatic heterocycles. The van der Waals surface area contributed by atoms with Gasteiger partial charge in [-0.1, -0.05) is 18.5 Å². The van der Waals surface area contributed by atoms with E-state index in [1.807, 2.05) is 4.90 Å². The second-order valence-electron chi connectivity index (χ2n) is 4.06. The van der Waals surface area contributed by atoms with Crippen molar-refractivity contribution in [3.05, 3.63) is 29.0 Å². The maximum absolute atomic E-state index is 12.2. The van der Waals surface area contributed by atoms with Crippen LogP contribution in [0.5, 0.6) is 0 Å². The van der Waals surface area contributed by atoms with Crippen LogP contribution < -0.4 is 0 Å². The molecule has 4 heteroatoms. The number of amides is 1. The van der Waals surface area contributed by atoms with Crippen LogP contribution in [0.2, 0.25) is 5.02 Å². The van der Waals surface area contributed by atoms with Crippen LogP contribution in [0.1, 0.15) is 36.5 Å². The van der Waals surface area contributed by atoms with E-state index < -0.39 is 0 Å². The predicted molar refractivity (Wildman–Crippen MR) is 63.6 cm³/mol. The highest BCUT2D eigenvalue weighted by Crippen LogP contribution is 2.24. The van der Waals surface area contributed by atoms with E-state index in [-0.39, 0.29) is 5.91 Å². The highest BCUT2D eigenvalue weighted by atomic mass is 35.5. The van der Waals surface area contributed by atoms with Crippen molar-refractivity contribution in [1.82, 2.24) is 9.88 Å². The van der Waals surface area contributed by atoms with Crippen molar-refractivity contribution in [2.45, 2.75) is 32.2 Å². The molecule has 1 aliphatic rings. The van der Waals surface area contributed by atoms with Gasteiger partial charge in [-0.2, -0.15) is 0 Å². The second-order valence-corrected chi connectivity index (χ2v) is 4.47. The van der Waals surface area contributed by atoms with Gasteiger partial charge in [-0.25, -0.2) is 0 Å². The van der Waals surface area contributed by atoms with E-state index in [4.69, 9.17) is 11.6 Å². The van der Waals surface area contributed by atoms with Crippen LogP contribution in [-0.4, -0.2) is 28.4 Å². The van der Waals surface area contributed by atoms with Crippen molar-refractivity contribution < 1.29 is 4.79 Å². The third-order valence-corrected chi connectivity index (χ3v) is 3.44. The summed E-state index contributed by atoms with van der Waals surface area (Å²) in [4.78, 5) is 18.1. The van der Waals surface area contributed by atoms with Crippen LogP contribution in [0, 0.1) is 0 Å². The van der Waals surface area contributed by atoms with E-state index in [2.05, 4.69) is 11.9 Å². The van der Waals surface area contributed by atoms with Gasteiger partial charge in [-0.15, -0.1) is 0 Å². The molecule has 2 heterocycles. The lowest BCUT2D eigenvalue weighted by atomic mass is 10.1. The van der Waals surface area contributed by atoms with Crippen LogP contribution in [0.25, 0.3) is 0 Å². The summed E-state index contributed by atoms with van der Waals surface area (Å²) < 4.78 is 0. The molecular formula is C12H15ClN2O. The molecule has 1 aromatic rings. The Hall–Kier alpha value is -1.09. The van der Waals surface area contributed by atoms with Gasteiger partial charge in [0.05, 0.1) is 10.6 Å². The highest BCUT2D eigenvalue weighted by Gasteiger charge is 2.28. The zero-order valence-corrected chi connectivity index (χ0v) is 10.1. The predicted octanol–water partition coefficient (Wildman–Crippen LogP) is 2.75. The lowest BCUT2D eigenvalue weighted by molar-refractivity contribution is 0.0733. The molecule has 0 bridgehead atoms. The van der Waals surface area contributed by atoms with Crippen LogP contribution in [0.3, 0.4) is 0 Å². The second kappa shape index (κ2) is 4.83. The van der Waals surface area contributed by atoms with E-state index >= 15 is 0 Å². The summed E-state index contributed by atoms with van der Waals surface area (Å²) in [5.41, 5.74) is 0.518. The summed E-state index contributed by atoms with van der Waals surface area (Å²) in [6.45, 7) is 2.95. The standard InChI is InChI=1S/C12H15ClN2O/c1-2-9-4-3-7-15(9)12(16)10-8-14-6-5-11(10)13/h5-6,8-9H,2-4,7H2,1H3. The molecule has 0 saturated carbocycles. The van der Waals surface area contributed by atoms with Crippen molar-refractivity contribution >= 4 is 17.5 Å². The Labute approximate surface area is 100 Å². The number of carbonyl (C=O) groups excluding carboxylic acids is 1. The summed E-state index contributed by atoms with van der Waals surface area (Å²) >= 11 is 6.00. The zero-order valence-electron chi connectivity index (χ0n) is 9.32. The van der Waals surface area contributed by atoms with Crippen LogP contribution >= 0.6 is 11.6 Å². The quantitative estimate of drug-likeness (QED) is 0.794. The fourth-order valence-corrected chi connectivity index (χ4v) is 2.40. The first-order valence-electron chi connectivity index (χ1n) is 5.64. The first-order chi connectivity index (χ1) is 7.74. The summed E-state index contributed by atoms with van der Waals surface area (Å²) in [5, 5.41) is 0.488. The Kier molecular flexibility index (Phi) is 3.44. The first-order valence-corrected chi connectivity index (χ1v) is 6.02. The van der Waals surface area contributed by atoms with Crippen LogP contribution in [0.15, 0.2) is 18.5 Å². The largest absolute Gasteiger partial charge is 0.336 e. The number of rotatable bonds is 2. The summed E-state index contributed by atoms with van der Waals surface area (Å²) in [6.07, 6.45) is 6.34. The fourth-order valence-electron chi connectivity index (χ4n) is 2.22. The minimum absolute atomic E-state index is 0.0162. The monoisotopic (exact) mass is 238 g/mol. The van der Waals surface area contributed by atoms with E-state index in [1.54, 1.807) is 18.5 Å². The third-order valence-electron chi connectivity index (χ3n) is 3.11. The molecule has 1 fully saturated rings. The molecule has 0 aromatic carbocycles. The fraction of sp³-hybridized carbons (Fsp3) is 0.500. The number of halogens is 1. The van der Waals surface area contributed by atoms with Crippen molar-refractivity contribution in [2.75, 3.05) is 6.54 Å². The molecule has 1 saturated heterocycles. The van der Waals surface area contributed by atoms with Crippen molar-refractivity contribution in [3.63, 3.8) is 0 Å². The Morgan fingerprint density at radius 2 is 2.50 bits per heavy atom. The summed E-state index contributed by atoms with van der Waals surface area (Å²) in [5.74, 6) is 0.0162. The number of likely N-dealkylation sites (tertiary alicyclic amines) is 1. The van der Waals surface area contributed by atoms with Gasteiger partial charge in [0.25, 0.3) is 5.91 Å². The van der Waals surface area contributed by atoms with Gasteiger partial charge in [0, 0.05) is 25.0 Å². The zero-order chi connectivity index (χ0) is 11.5. The summed E-state index contributed by atoms with van der Waals surface area (Å²) in [7, 11) is 0. The van der Waals surface area contributed by atoms with Gasteiger partial charge in [-0.05, 0) is 25.3 Å². The summed E-state index contributed by atoms with van der Waals surface area (Å²) in [6, 6.07) is 2.02. The minimum Gasteiger partial charge on any atom is -0.336 e. The number of hydrogen-bond acceptors (Lipinski definition) is 2. The molecule has 0 radical (unpaired) electrons. The molecule has 86 valence electrons. The third kappa shape index (κ3) is 2.05. The average Bonchev–Trinajstić information content (AvgIpc) is 2.77. The lowest BCUT2D eigenvalue weighted by Gasteiger charge is -2.23. The van der Waals surface area contributed by atoms with E-state index in [0.717, 1.165) is 25.8 Å². The number of nitrogens with zero attached hydrogens (tertiary/aromatic N) is 2. The number of aromatic nitrogens is 1. The molecule has 16 heavy (non-hydrogen) atoms. The normalized spacial score (nSPS) is 20.1. The smallest absolute Gasteiger partial charge is 0.257 e. The van der Waals surface area contributed by atoms with E-state index in [0.29, 0.717) is 16.6 Å². The van der Waals surface area contributed by atoms with Gasteiger partial charge in [0.2, 0.25) is 0 Å². The highest BCUT2D eigenvalue weighted by molar-refractivity contribution is 6.33. The molecule has 0 N–H and O–H groups in total. The van der Waals surface area contributed by atoms with Gasteiger partial charge in [0.1, 0.15) is 0 Å². The molecule has 0 aliphatic carbocycles. The molecule has 2 rings (SSSR count). The SMILES string of the molecule is CCC1CCCN1C(=O)c1cnccc1Cl. The topological polar surface area (TPSA) is 33.2 Å².